The van der Waals surface area contributed by atoms with Gasteiger partial charge in [-0.1, -0.05) is 26.7 Å². The van der Waals surface area contributed by atoms with Gasteiger partial charge in [0.2, 0.25) is 0 Å². The van der Waals surface area contributed by atoms with Gasteiger partial charge in [0.05, 0.1) is 12.9 Å². The quantitative estimate of drug-likeness (QED) is 0.178. The molecule has 4 rings (SSSR count). The SMILES string of the molecule is C#C[C@]1(CO[Si](C)(C)C(C)(C)C)O[C@@H](n2cnc3c(N)nc(F)nc32)C[C@@H]1OC(=O)OC=C1OC(=O)OC1C. The maximum atomic E-state index is 14.0. The molecule has 13 nitrogen and oxygen atoms in total. The second-order valence-electron chi connectivity index (χ2n) is 10.7. The molecule has 2 aliphatic rings. The minimum absolute atomic E-state index is 0.00819. The zero-order valence-electron chi connectivity index (χ0n) is 22.4. The average Bonchev–Trinajstić information content (AvgIpc) is 3.50. The van der Waals surface area contributed by atoms with Crippen molar-refractivity contribution >= 4 is 37.6 Å². The van der Waals surface area contributed by atoms with Crippen molar-refractivity contribution in [3.8, 4) is 12.3 Å². The first-order chi connectivity index (χ1) is 18.2. The van der Waals surface area contributed by atoms with E-state index in [4.69, 9.17) is 40.3 Å². The molecule has 0 aliphatic carbocycles. The Morgan fingerprint density at radius 3 is 2.74 bits per heavy atom. The van der Waals surface area contributed by atoms with Crippen LogP contribution in [0.25, 0.3) is 11.2 Å². The van der Waals surface area contributed by atoms with Gasteiger partial charge in [-0.3, -0.25) is 4.57 Å². The number of terminal acetylenes is 1. The van der Waals surface area contributed by atoms with E-state index in [0.29, 0.717) is 0 Å². The van der Waals surface area contributed by atoms with Crippen LogP contribution >= 0.6 is 0 Å². The number of hydrogen-bond acceptors (Lipinski definition) is 12. The van der Waals surface area contributed by atoms with Crippen molar-refractivity contribution in [2.45, 2.75) is 76.3 Å². The molecule has 0 radical (unpaired) electrons. The van der Waals surface area contributed by atoms with Crippen molar-refractivity contribution in [2.75, 3.05) is 12.3 Å². The Kier molecular flexibility index (Phi) is 7.32. The number of halogens is 1. The molecule has 210 valence electrons. The van der Waals surface area contributed by atoms with Crippen molar-refractivity contribution in [2.24, 2.45) is 0 Å². The van der Waals surface area contributed by atoms with Gasteiger partial charge in [-0.15, -0.1) is 6.42 Å². The highest BCUT2D eigenvalue weighted by Gasteiger charge is 2.53. The molecule has 1 unspecified atom stereocenters. The molecule has 2 aliphatic heterocycles. The minimum atomic E-state index is -2.32. The van der Waals surface area contributed by atoms with Crippen LogP contribution in [0, 0.1) is 18.4 Å². The number of rotatable bonds is 6. The number of imidazole rings is 1. The maximum Gasteiger partial charge on any atom is 0.514 e. The molecule has 0 spiro atoms. The summed E-state index contributed by atoms with van der Waals surface area (Å²) < 4.78 is 48.3. The van der Waals surface area contributed by atoms with Gasteiger partial charge in [-0.25, -0.2) is 14.6 Å². The van der Waals surface area contributed by atoms with Crippen LogP contribution < -0.4 is 5.73 Å². The summed E-state index contributed by atoms with van der Waals surface area (Å²) in [5.41, 5.74) is 4.49. The lowest BCUT2D eigenvalue weighted by Crippen LogP contribution is -2.50. The number of carbonyl (C=O) groups is 2. The van der Waals surface area contributed by atoms with E-state index in [0.717, 1.165) is 6.26 Å². The fourth-order valence-electron chi connectivity index (χ4n) is 3.75. The Morgan fingerprint density at radius 2 is 2.13 bits per heavy atom. The number of nitrogen functional groups attached to an aromatic ring is 1. The van der Waals surface area contributed by atoms with E-state index in [2.05, 4.69) is 41.6 Å². The lowest BCUT2D eigenvalue weighted by Gasteiger charge is -2.39. The maximum absolute atomic E-state index is 14.0. The number of nitrogens with zero attached hydrogens (tertiary/aromatic N) is 4. The third-order valence-electron chi connectivity index (χ3n) is 7.10. The number of nitrogens with two attached hydrogens (primary N) is 1. The van der Waals surface area contributed by atoms with E-state index in [9.17, 15) is 14.0 Å². The van der Waals surface area contributed by atoms with E-state index >= 15 is 0 Å². The summed E-state index contributed by atoms with van der Waals surface area (Å²) in [5, 5.41) is -0.147. The molecule has 4 heterocycles. The van der Waals surface area contributed by atoms with Gasteiger partial charge in [0.15, 0.2) is 48.9 Å². The van der Waals surface area contributed by atoms with Crippen molar-refractivity contribution in [3.63, 3.8) is 0 Å². The van der Waals surface area contributed by atoms with Gasteiger partial charge < -0.3 is 33.8 Å². The fourth-order valence-corrected chi connectivity index (χ4v) is 4.76. The number of hydrogen-bond donors (Lipinski definition) is 1. The predicted molar refractivity (Wildman–Crippen MR) is 136 cm³/mol. The van der Waals surface area contributed by atoms with Crippen LogP contribution in [0.15, 0.2) is 18.3 Å². The summed E-state index contributed by atoms with van der Waals surface area (Å²) in [5.74, 6) is 2.45. The number of carbonyl (C=O) groups excluding carboxylic acids is 2. The van der Waals surface area contributed by atoms with Gasteiger partial charge in [0.25, 0.3) is 0 Å². The monoisotopic (exact) mass is 563 g/mol. The molecular formula is C24H30FN5O8Si. The van der Waals surface area contributed by atoms with Gasteiger partial charge in [-0.2, -0.15) is 14.4 Å². The molecule has 2 N–H and O–H groups in total. The first kappa shape index (κ1) is 28.3. The largest absolute Gasteiger partial charge is 0.514 e. The topological polar surface area (TPSA) is 159 Å². The number of anilines is 1. The second-order valence-corrected chi connectivity index (χ2v) is 15.5. The van der Waals surface area contributed by atoms with Gasteiger partial charge in [0, 0.05) is 6.42 Å². The van der Waals surface area contributed by atoms with E-state index < -0.39 is 50.7 Å². The summed E-state index contributed by atoms with van der Waals surface area (Å²) in [4.78, 5) is 35.4. The molecule has 2 aromatic heterocycles. The Bertz CT molecular complexity index is 1370. The van der Waals surface area contributed by atoms with Crippen LogP contribution in [0.2, 0.25) is 18.1 Å². The number of aromatic nitrogens is 4. The molecular weight excluding hydrogens is 533 g/mol. The number of cyclic esters (lactones) is 2. The van der Waals surface area contributed by atoms with Crippen LogP contribution in [0.1, 0.15) is 40.3 Å². The van der Waals surface area contributed by atoms with Gasteiger partial charge in [-0.05, 0) is 25.1 Å². The third kappa shape index (κ3) is 5.53. The molecule has 2 fully saturated rings. The van der Waals surface area contributed by atoms with E-state index in [-0.39, 0.29) is 40.8 Å². The van der Waals surface area contributed by atoms with Crippen LogP contribution in [-0.2, 0) is 28.1 Å². The molecule has 0 saturated carbocycles. The molecule has 2 saturated heterocycles. The molecule has 39 heavy (non-hydrogen) atoms. The summed E-state index contributed by atoms with van der Waals surface area (Å²) in [6, 6.07) is 0. The van der Waals surface area contributed by atoms with Crippen molar-refractivity contribution in [1.29, 1.82) is 0 Å². The smallest absolute Gasteiger partial charge is 0.426 e. The first-order valence-electron chi connectivity index (χ1n) is 12.1. The van der Waals surface area contributed by atoms with Crippen LogP contribution in [0.3, 0.4) is 0 Å². The summed E-state index contributed by atoms with van der Waals surface area (Å²) >= 11 is 0. The summed E-state index contributed by atoms with van der Waals surface area (Å²) in [7, 11) is -2.32. The van der Waals surface area contributed by atoms with Crippen LogP contribution in [0.4, 0.5) is 19.8 Å². The Hall–Kier alpha value is -3.74. The summed E-state index contributed by atoms with van der Waals surface area (Å²) in [6.45, 7) is 11.7. The Labute approximate surface area is 224 Å². The van der Waals surface area contributed by atoms with Crippen LogP contribution in [-0.4, -0.2) is 64.6 Å². The fraction of sp³-hybridized carbons (Fsp3) is 0.542. The van der Waals surface area contributed by atoms with E-state index in [1.807, 2.05) is 13.1 Å². The lowest BCUT2D eigenvalue weighted by atomic mass is 9.99. The highest BCUT2D eigenvalue weighted by molar-refractivity contribution is 6.74. The van der Waals surface area contributed by atoms with E-state index in [1.165, 1.54) is 17.8 Å². The molecule has 0 bridgehead atoms. The van der Waals surface area contributed by atoms with Gasteiger partial charge >= 0.3 is 18.4 Å². The zero-order chi connectivity index (χ0) is 28.8. The highest BCUT2D eigenvalue weighted by Crippen LogP contribution is 2.43. The first-order valence-corrected chi connectivity index (χ1v) is 15.0. The second kappa shape index (κ2) is 10.1. The van der Waals surface area contributed by atoms with Crippen molar-refractivity contribution in [1.82, 2.24) is 19.5 Å². The molecule has 0 amide bonds. The molecule has 15 heteroatoms. The highest BCUT2D eigenvalue weighted by atomic mass is 28.4. The average molecular weight is 564 g/mol. The lowest BCUT2D eigenvalue weighted by molar-refractivity contribution is -0.0928. The normalized spacial score (nSPS) is 26.4. The Balaban J connectivity index is 1.62. The predicted octanol–water partition coefficient (Wildman–Crippen LogP) is 3.78. The Morgan fingerprint density at radius 1 is 1.41 bits per heavy atom. The summed E-state index contributed by atoms with van der Waals surface area (Å²) in [6.07, 6.45) is 2.48. The zero-order valence-corrected chi connectivity index (χ0v) is 23.4. The number of fused-ring (bicyclic) bond motifs is 1. The third-order valence-corrected chi connectivity index (χ3v) is 11.6. The van der Waals surface area contributed by atoms with Crippen LogP contribution in [0.5, 0.6) is 0 Å². The molecule has 4 atom stereocenters. The molecule has 0 aromatic carbocycles. The molecule has 2 aromatic rings. The van der Waals surface area contributed by atoms with Crippen molar-refractivity contribution in [3.05, 3.63) is 24.4 Å². The van der Waals surface area contributed by atoms with Gasteiger partial charge in [0.1, 0.15) is 12.5 Å². The van der Waals surface area contributed by atoms with E-state index in [1.54, 1.807) is 0 Å². The minimum Gasteiger partial charge on any atom is -0.426 e. The number of ether oxygens (including phenoxy) is 5. The standard InChI is InChI=1S/C24H30FN5O8Si/c1-8-24(11-34-39(6,7)23(3,4)5)15(37-21(31)33-10-14-13(2)35-22(32)36-14)9-16(38-24)30-12-27-17-18(26)28-20(25)29-19(17)30/h1,10,12-13,15-16H,9,11H2,2-7H3,(H2,26,28,29)/t13?,15-,16+,24+/m0/s1. The van der Waals surface area contributed by atoms with Crippen molar-refractivity contribution < 1.29 is 42.1 Å².